The van der Waals surface area contributed by atoms with E-state index in [2.05, 4.69) is 184 Å². The maximum atomic E-state index is 5.40. The quantitative estimate of drug-likeness (QED) is 0.210. The maximum Gasteiger partial charge on any atom is 0.0562 e. The molecule has 0 aliphatic carbocycles. The third kappa shape index (κ3) is 4.13. The molecule has 0 radical (unpaired) electrons. The molecule has 1 aliphatic heterocycles. The van der Waals surface area contributed by atoms with Crippen LogP contribution >= 0.6 is 0 Å². The van der Waals surface area contributed by atoms with Crippen LogP contribution in [0, 0.1) is 0 Å². The summed E-state index contributed by atoms with van der Waals surface area (Å²) < 4.78 is 4.82. The standard InChI is InChI=1S/C44H31N4/c1-3-14-29(15-4-1)43-35-22-7-10-23-38(35)45-44(46-43)30-16-13-19-32(26-30)48-40-25-12-9-21-34(40)37-27-36-33-20-8-11-24-39(33)47(41(36)28-42(37)48)31-17-5-2-6-18-31/h1-28,43-45H/q-1. The van der Waals surface area contributed by atoms with Gasteiger partial charge in [-0.05, 0) is 71.9 Å². The number of nitrogens with one attached hydrogen (secondary N) is 1. The predicted octanol–water partition coefficient (Wildman–Crippen LogP) is 11.5. The highest BCUT2D eigenvalue weighted by atomic mass is 15.2. The highest BCUT2D eigenvalue weighted by Gasteiger charge is 2.21. The van der Waals surface area contributed by atoms with Crippen molar-refractivity contribution in [2.45, 2.75) is 12.2 Å². The van der Waals surface area contributed by atoms with Crippen molar-refractivity contribution in [3.8, 4) is 11.4 Å². The number of rotatable bonds is 4. The monoisotopic (exact) mass is 615 g/mol. The summed E-state index contributed by atoms with van der Waals surface area (Å²) in [7, 11) is 0. The van der Waals surface area contributed by atoms with Crippen LogP contribution in [0.1, 0.15) is 28.9 Å². The molecule has 4 nitrogen and oxygen atoms in total. The van der Waals surface area contributed by atoms with E-state index >= 15 is 0 Å². The Morgan fingerprint density at radius 3 is 1.71 bits per heavy atom. The second-order valence-electron chi connectivity index (χ2n) is 12.6. The maximum absolute atomic E-state index is 5.40. The predicted molar refractivity (Wildman–Crippen MR) is 200 cm³/mol. The lowest BCUT2D eigenvalue weighted by Crippen LogP contribution is -2.20. The van der Waals surface area contributed by atoms with Gasteiger partial charge in [-0.2, -0.15) is 0 Å². The van der Waals surface area contributed by atoms with E-state index in [-0.39, 0.29) is 12.2 Å². The van der Waals surface area contributed by atoms with Crippen molar-refractivity contribution in [3.05, 3.63) is 192 Å². The average molecular weight is 616 g/mol. The first kappa shape index (κ1) is 27.1. The van der Waals surface area contributed by atoms with Gasteiger partial charge in [0.25, 0.3) is 0 Å². The Labute approximate surface area is 278 Å². The van der Waals surface area contributed by atoms with E-state index < -0.39 is 0 Å². The Balaban J connectivity index is 1.18. The van der Waals surface area contributed by atoms with Crippen molar-refractivity contribution in [2.24, 2.45) is 0 Å². The van der Waals surface area contributed by atoms with Crippen molar-refractivity contribution < 1.29 is 0 Å². The first-order valence-electron chi connectivity index (χ1n) is 16.5. The topological polar surface area (TPSA) is 36.0 Å². The fourth-order valence-electron chi connectivity index (χ4n) is 7.75. The van der Waals surface area contributed by atoms with Crippen molar-refractivity contribution in [2.75, 3.05) is 5.32 Å². The number of anilines is 1. The Hall–Kier alpha value is -6.10. The molecule has 0 saturated carbocycles. The van der Waals surface area contributed by atoms with Crippen LogP contribution in [0.4, 0.5) is 5.69 Å². The summed E-state index contributed by atoms with van der Waals surface area (Å²) in [4.78, 5) is 0. The van der Waals surface area contributed by atoms with Crippen molar-refractivity contribution in [1.29, 1.82) is 0 Å². The molecule has 4 heteroatoms. The summed E-state index contributed by atoms with van der Waals surface area (Å²) in [6.45, 7) is 0. The molecule has 2 aromatic heterocycles. The van der Waals surface area contributed by atoms with E-state index in [0.717, 1.165) is 22.6 Å². The molecule has 7 aromatic carbocycles. The van der Waals surface area contributed by atoms with Crippen LogP contribution in [0.15, 0.2) is 170 Å². The third-order valence-electron chi connectivity index (χ3n) is 9.89. The van der Waals surface area contributed by atoms with E-state index in [4.69, 9.17) is 5.32 Å². The van der Waals surface area contributed by atoms with E-state index in [9.17, 15) is 0 Å². The van der Waals surface area contributed by atoms with Crippen molar-refractivity contribution >= 4 is 49.3 Å². The second kappa shape index (κ2) is 10.7. The molecule has 0 amide bonds. The van der Waals surface area contributed by atoms with Crippen molar-refractivity contribution in [3.63, 3.8) is 0 Å². The lowest BCUT2D eigenvalue weighted by atomic mass is 9.93. The van der Waals surface area contributed by atoms with Gasteiger partial charge in [-0.15, -0.1) is 0 Å². The molecule has 0 fully saturated rings. The molecule has 0 saturated heterocycles. The van der Waals surface area contributed by atoms with Crippen LogP contribution in [0.3, 0.4) is 0 Å². The first-order chi connectivity index (χ1) is 23.8. The van der Waals surface area contributed by atoms with Crippen LogP contribution in [0.25, 0.3) is 60.3 Å². The molecule has 2 unspecified atom stereocenters. The Kier molecular flexibility index (Phi) is 6.05. The van der Waals surface area contributed by atoms with Gasteiger partial charge in [0.05, 0.1) is 22.1 Å². The summed E-state index contributed by atoms with van der Waals surface area (Å²) >= 11 is 0. The van der Waals surface area contributed by atoms with Crippen molar-refractivity contribution in [1.82, 2.24) is 9.13 Å². The minimum atomic E-state index is -0.189. The van der Waals surface area contributed by atoms with Crippen LogP contribution < -0.4 is 5.32 Å². The summed E-state index contributed by atoms with van der Waals surface area (Å²) in [5.41, 5.74) is 11.7. The van der Waals surface area contributed by atoms with Gasteiger partial charge in [0.2, 0.25) is 0 Å². The molecule has 48 heavy (non-hydrogen) atoms. The van der Waals surface area contributed by atoms with Crippen LogP contribution in [-0.4, -0.2) is 9.13 Å². The largest absolute Gasteiger partial charge is 0.628 e. The Morgan fingerprint density at radius 1 is 0.417 bits per heavy atom. The third-order valence-corrected chi connectivity index (χ3v) is 9.89. The summed E-state index contributed by atoms with van der Waals surface area (Å²) in [6.07, 6.45) is -0.189. The molecule has 2 atom stereocenters. The van der Waals surface area contributed by atoms with Gasteiger partial charge >= 0.3 is 0 Å². The molecule has 0 bridgehead atoms. The number of hydrogen-bond donors (Lipinski definition) is 1. The molecule has 9 aromatic rings. The van der Waals surface area contributed by atoms with Crippen LogP contribution in [0.2, 0.25) is 0 Å². The minimum absolute atomic E-state index is 0.0428. The molecule has 1 aliphatic rings. The summed E-state index contributed by atoms with van der Waals surface area (Å²) in [6, 6.07) is 61.0. The SMILES string of the molecule is c1ccc(C2[N-]C(c3cccc(-n4c5ccccc5c5cc6c7ccccc7n(-c7ccccc7)c6cc54)c3)Nc3ccccc32)cc1. The number of para-hydroxylation sites is 4. The van der Waals surface area contributed by atoms with E-state index in [1.54, 1.807) is 0 Å². The fraction of sp³-hybridized carbons (Fsp3) is 0.0455. The highest BCUT2D eigenvalue weighted by molar-refractivity contribution is 6.19. The smallest absolute Gasteiger partial charge is 0.0562 e. The molecular formula is C44H31N4-. The Bertz CT molecular complexity index is 2630. The molecule has 10 rings (SSSR count). The molecule has 228 valence electrons. The number of aromatic nitrogens is 2. The van der Waals surface area contributed by atoms with Gasteiger partial charge in [0.1, 0.15) is 0 Å². The lowest BCUT2D eigenvalue weighted by molar-refractivity contribution is 0.775. The summed E-state index contributed by atoms with van der Waals surface area (Å²) in [5.74, 6) is 0. The van der Waals surface area contributed by atoms with E-state index in [1.165, 1.54) is 54.7 Å². The second-order valence-corrected chi connectivity index (χ2v) is 12.6. The molecule has 3 heterocycles. The van der Waals surface area contributed by atoms with Gasteiger partial charge < -0.3 is 19.8 Å². The van der Waals surface area contributed by atoms with Gasteiger partial charge in [0, 0.05) is 38.6 Å². The lowest BCUT2D eigenvalue weighted by Gasteiger charge is -2.47. The Morgan fingerprint density at radius 2 is 0.979 bits per heavy atom. The normalized spacial score (nSPS) is 16.0. The van der Waals surface area contributed by atoms with E-state index in [0.29, 0.717) is 0 Å². The first-order valence-corrected chi connectivity index (χ1v) is 16.5. The molecule has 1 N–H and O–H groups in total. The van der Waals surface area contributed by atoms with Gasteiger partial charge in [-0.25, -0.2) is 0 Å². The highest BCUT2D eigenvalue weighted by Crippen LogP contribution is 2.46. The number of fused-ring (bicyclic) bond motifs is 7. The van der Waals surface area contributed by atoms with Gasteiger partial charge in [-0.3, -0.25) is 0 Å². The fourth-order valence-corrected chi connectivity index (χ4v) is 7.75. The van der Waals surface area contributed by atoms with Crippen LogP contribution in [-0.2, 0) is 0 Å². The zero-order valence-electron chi connectivity index (χ0n) is 26.2. The zero-order chi connectivity index (χ0) is 31.6. The minimum Gasteiger partial charge on any atom is -0.628 e. The number of hydrogen-bond acceptors (Lipinski definition) is 1. The van der Waals surface area contributed by atoms with Gasteiger partial charge in [-0.1, -0.05) is 127 Å². The summed E-state index contributed by atoms with van der Waals surface area (Å²) in [5, 5.41) is 14.2. The van der Waals surface area contributed by atoms with Crippen LogP contribution in [0.5, 0.6) is 0 Å². The zero-order valence-corrected chi connectivity index (χ0v) is 26.2. The number of benzene rings is 7. The van der Waals surface area contributed by atoms with E-state index in [1.807, 2.05) is 0 Å². The average Bonchev–Trinajstić information content (AvgIpc) is 3.66. The number of nitrogens with zero attached hydrogens (tertiary/aromatic N) is 3. The molecular weight excluding hydrogens is 585 g/mol. The van der Waals surface area contributed by atoms with Gasteiger partial charge in [0.15, 0.2) is 0 Å². The molecule has 0 spiro atoms.